The van der Waals surface area contributed by atoms with E-state index < -0.39 is 22.7 Å². The molecule has 2 aromatic carbocycles. The summed E-state index contributed by atoms with van der Waals surface area (Å²) in [7, 11) is 0. The lowest BCUT2D eigenvalue weighted by Crippen LogP contribution is -2.02. The van der Waals surface area contributed by atoms with Gasteiger partial charge in [-0.2, -0.15) is 0 Å². The Hall–Kier alpha value is -4.53. The Bertz CT molecular complexity index is 1260. The molecule has 3 aromatic rings. The van der Waals surface area contributed by atoms with Crippen molar-refractivity contribution in [1.29, 1.82) is 0 Å². The van der Waals surface area contributed by atoms with Gasteiger partial charge in [0.2, 0.25) is 11.2 Å². The molecule has 4 rings (SSSR count). The molecule has 0 fully saturated rings. The predicted octanol–water partition coefficient (Wildman–Crippen LogP) is 2.24. The zero-order valence-corrected chi connectivity index (χ0v) is 15.1. The highest BCUT2D eigenvalue weighted by atomic mass is 16.4. The minimum atomic E-state index is -0.888. The minimum Gasteiger partial charge on any atom is -0.508 e. The number of hydrogen-bond acceptors (Lipinski definition) is 9. The summed E-state index contributed by atoms with van der Waals surface area (Å²) in [6, 6.07) is 5.64. The third-order valence-corrected chi connectivity index (χ3v) is 4.00. The normalized spacial score (nSPS) is 12.7. The van der Waals surface area contributed by atoms with Gasteiger partial charge in [-0.3, -0.25) is 14.4 Å². The number of rotatable bonds is 1. The maximum atomic E-state index is 12.1. The van der Waals surface area contributed by atoms with Crippen molar-refractivity contribution in [1.82, 2.24) is 0 Å². The summed E-state index contributed by atoms with van der Waals surface area (Å²) in [4.78, 5) is 32.7. The smallest absolute Gasteiger partial charge is 0.238 e. The van der Waals surface area contributed by atoms with Gasteiger partial charge in [0.25, 0.3) is 0 Å². The van der Waals surface area contributed by atoms with E-state index in [-0.39, 0.29) is 45.4 Å². The van der Waals surface area contributed by atoms with Gasteiger partial charge < -0.3 is 29.9 Å². The van der Waals surface area contributed by atoms with E-state index in [4.69, 9.17) is 4.42 Å². The molecule has 0 unspecified atom stereocenters. The van der Waals surface area contributed by atoms with Crippen molar-refractivity contribution in [3.8, 4) is 40.1 Å². The fraction of sp³-hybridized carbons (Fsp3) is 0. The van der Waals surface area contributed by atoms with E-state index in [9.17, 15) is 39.9 Å². The monoisotopic (exact) mass is 410 g/mol. The van der Waals surface area contributed by atoms with Crippen molar-refractivity contribution in [2.75, 3.05) is 0 Å². The standard InChI is InChI=1S/C15H10O7.C6H4O2/c16-7-4-10(19)12-11(5-7)22-15(14(21)13(12)20)6-1-2-8(17)9(18)3-6;7-5-1-2-6(8)4-3-5/h1-5,16-19,21H;1-4H. The van der Waals surface area contributed by atoms with Crippen LogP contribution in [0.15, 0.2) is 63.8 Å². The van der Waals surface area contributed by atoms with Crippen LogP contribution in [0.3, 0.4) is 0 Å². The van der Waals surface area contributed by atoms with Crippen molar-refractivity contribution in [2.24, 2.45) is 0 Å². The molecule has 0 spiro atoms. The molecule has 1 aromatic heterocycles. The first-order chi connectivity index (χ1) is 14.2. The number of carbonyl (C=O) groups excluding carboxylic acids is 2. The van der Waals surface area contributed by atoms with E-state index in [0.717, 1.165) is 24.3 Å². The van der Waals surface area contributed by atoms with Gasteiger partial charge in [-0.15, -0.1) is 0 Å². The van der Waals surface area contributed by atoms with Crippen LogP contribution >= 0.6 is 0 Å². The number of benzene rings is 2. The van der Waals surface area contributed by atoms with Crippen LogP contribution in [-0.2, 0) is 9.59 Å². The van der Waals surface area contributed by atoms with Gasteiger partial charge >= 0.3 is 0 Å². The summed E-state index contributed by atoms with van der Waals surface area (Å²) >= 11 is 0. The Kier molecular flexibility index (Phi) is 5.28. The highest BCUT2D eigenvalue weighted by Gasteiger charge is 2.19. The molecule has 0 atom stereocenters. The molecule has 1 heterocycles. The second-order valence-corrected chi connectivity index (χ2v) is 6.12. The van der Waals surface area contributed by atoms with E-state index in [0.29, 0.717) is 0 Å². The van der Waals surface area contributed by atoms with Gasteiger partial charge in [0.15, 0.2) is 28.8 Å². The Balaban J connectivity index is 0.000000269. The Morgan fingerprint density at radius 2 is 1.27 bits per heavy atom. The molecule has 1 aliphatic rings. The van der Waals surface area contributed by atoms with Gasteiger partial charge in [0.05, 0.1) is 0 Å². The summed E-state index contributed by atoms with van der Waals surface area (Å²) in [6.45, 7) is 0. The molecule has 152 valence electrons. The maximum absolute atomic E-state index is 12.1. The molecule has 9 nitrogen and oxygen atoms in total. The fourth-order valence-electron chi connectivity index (χ4n) is 2.58. The molecular weight excluding hydrogens is 396 g/mol. The van der Waals surface area contributed by atoms with E-state index in [2.05, 4.69) is 0 Å². The number of hydrogen-bond donors (Lipinski definition) is 5. The highest BCUT2D eigenvalue weighted by molar-refractivity contribution is 6.14. The number of carbonyl (C=O) groups is 2. The first-order valence-corrected chi connectivity index (χ1v) is 8.35. The molecule has 0 radical (unpaired) electrons. The second kappa shape index (κ2) is 7.84. The Morgan fingerprint density at radius 3 is 1.83 bits per heavy atom. The molecule has 30 heavy (non-hydrogen) atoms. The quantitative estimate of drug-likeness (QED) is 0.299. The number of phenolic OH excluding ortho intramolecular Hbond substituents is 4. The molecule has 0 amide bonds. The molecule has 1 aliphatic carbocycles. The molecule has 0 bridgehead atoms. The third-order valence-electron chi connectivity index (χ3n) is 4.00. The van der Waals surface area contributed by atoms with E-state index in [1.165, 1.54) is 30.4 Å². The van der Waals surface area contributed by atoms with Crippen molar-refractivity contribution < 1.29 is 39.5 Å². The van der Waals surface area contributed by atoms with Crippen LogP contribution in [0.4, 0.5) is 0 Å². The predicted molar refractivity (Wildman–Crippen MR) is 105 cm³/mol. The van der Waals surface area contributed by atoms with Crippen molar-refractivity contribution in [3.05, 3.63) is 64.9 Å². The summed E-state index contributed by atoms with van der Waals surface area (Å²) in [5, 5.41) is 47.6. The van der Waals surface area contributed by atoms with E-state index >= 15 is 0 Å². The Morgan fingerprint density at radius 1 is 0.667 bits per heavy atom. The fourth-order valence-corrected chi connectivity index (χ4v) is 2.58. The van der Waals surface area contributed by atoms with Crippen molar-refractivity contribution in [2.45, 2.75) is 0 Å². The van der Waals surface area contributed by atoms with Gasteiger partial charge in [-0.25, -0.2) is 0 Å². The van der Waals surface area contributed by atoms with Crippen LogP contribution < -0.4 is 5.43 Å². The average Bonchev–Trinajstić information content (AvgIpc) is 2.69. The highest BCUT2D eigenvalue weighted by Crippen LogP contribution is 2.37. The minimum absolute atomic E-state index is 0.121. The first kappa shape index (κ1) is 20.2. The summed E-state index contributed by atoms with van der Waals surface area (Å²) in [6.07, 6.45) is 5.01. The van der Waals surface area contributed by atoms with Crippen LogP contribution in [0.2, 0.25) is 0 Å². The number of fused-ring (bicyclic) bond motifs is 1. The molecule has 5 N–H and O–H groups in total. The first-order valence-electron chi connectivity index (χ1n) is 8.35. The topological polar surface area (TPSA) is 166 Å². The van der Waals surface area contributed by atoms with Gasteiger partial charge in [0, 0.05) is 17.7 Å². The number of allylic oxidation sites excluding steroid dienone is 4. The molecule has 9 heteroatoms. The zero-order valence-electron chi connectivity index (χ0n) is 15.1. The second-order valence-electron chi connectivity index (χ2n) is 6.12. The lowest BCUT2D eigenvalue weighted by molar-refractivity contribution is -0.113. The molecule has 0 saturated heterocycles. The SMILES string of the molecule is O=C1C=CC(=O)C=C1.O=c1c(O)c(-c2ccc(O)c(O)c2)oc2cc(O)cc(O)c12. The zero-order chi connectivity index (χ0) is 22.0. The van der Waals surface area contributed by atoms with Crippen LogP contribution in [0.25, 0.3) is 22.3 Å². The molecule has 0 aliphatic heterocycles. The van der Waals surface area contributed by atoms with Crippen molar-refractivity contribution in [3.63, 3.8) is 0 Å². The summed E-state index contributed by atoms with van der Waals surface area (Å²) in [5.74, 6) is -2.96. The van der Waals surface area contributed by atoms with Crippen LogP contribution in [0.5, 0.6) is 28.7 Å². The van der Waals surface area contributed by atoms with Crippen LogP contribution in [-0.4, -0.2) is 37.1 Å². The van der Waals surface area contributed by atoms with Crippen LogP contribution in [0.1, 0.15) is 0 Å². The lowest BCUT2D eigenvalue weighted by Gasteiger charge is -2.08. The van der Waals surface area contributed by atoms with E-state index in [1.807, 2.05) is 0 Å². The number of phenols is 4. The summed E-state index contributed by atoms with van der Waals surface area (Å²) < 4.78 is 5.35. The Labute approximate surface area is 167 Å². The summed E-state index contributed by atoms with van der Waals surface area (Å²) in [5.41, 5.74) is -0.890. The van der Waals surface area contributed by atoms with Crippen molar-refractivity contribution >= 4 is 22.5 Å². The largest absolute Gasteiger partial charge is 0.508 e. The number of aromatic hydroxyl groups is 5. The van der Waals surface area contributed by atoms with Gasteiger partial charge in [-0.05, 0) is 42.5 Å². The average molecular weight is 410 g/mol. The van der Waals surface area contributed by atoms with Crippen LogP contribution in [0, 0.1) is 0 Å². The maximum Gasteiger partial charge on any atom is 0.238 e. The van der Waals surface area contributed by atoms with Gasteiger partial charge in [-0.1, -0.05) is 0 Å². The molecule has 0 saturated carbocycles. The number of ketones is 2. The lowest BCUT2D eigenvalue weighted by atomic mass is 10.1. The molecular formula is C21H14O9. The van der Waals surface area contributed by atoms with E-state index in [1.54, 1.807) is 0 Å². The third kappa shape index (κ3) is 3.99. The van der Waals surface area contributed by atoms with Gasteiger partial charge in [0.1, 0.15) is 22.5 Å².